The van der Waals surface area contributed by atoms with Crippen molar-refractivity contribution < 1.29 is 0 Å². The van der Waals surface area contributed by atoms with Crippen molar-refractivity contribution in [2.24, 2.45) is 11.8 Å². The molecule has 0 spiro atoms. The highest BCUT2D eigenvalue weighted by Gasteiger charge is 2.37. The SMILES string of the molecule is CNC1CCCCC1N(C)C1C(C)CCCC1C. The molecule has 2 aliphatic carbocycles. The van der Waals surface area contributed by atoms with E-state index in [0.717, 1.165) is 23.9 Å². The fourth-order valence-corrected chi connectivity index (χ4v) is 4.62. The number of likely N-dealkylation sites (N-methyl/N-ethyl adjacent to an activating group) is 2. The first-order valence-electron chi connectivity index (χ1n) is 8.04. The Labute approximate surface area is 114 Å². The Bertz CT molecular complexity index is 243. The molecule has 4 unspecified atom stereocenters. The molecular weight excluding hydrogens is 220 g/mol. The van der Waals surface area contributed by atoms with Crippen molar-refractivity contribution in [2.45, 2.75) is 76.9 Å². The van der Waals surface area contributed by atoms with Crippen LogP contribution in [0.5, 0.6) is 0 Å². The smallest absolute Gasteiger partial charge is 0.0249 e. The Balaban J connectivity index is 2.05. The molecule has 0 heterocycles. The maximum Gasteiger partial charge on any atom is 0.0249 e. The van der Waals surface area contributed by atoms with Crippen molar-refractivity contribution in [1.82, 2.24) is 10.2 Å². The van der Waals surface area contributed by atoms with Crippen molar-refractivity contribution in [2.75, 3.05) is 14.1 Å². The van der Waals surface area contributed by atoms with Gasteiger partial charge in [0.1, 0.15) is 0 Å². The lowest BCUT2D eigenvalue weighted by Crippen LogP contribution is -2.56. The first kappa shape index (κ1) is 14.3. The minimum Gasteiger partial charge on any atom is -0.315 e. The van der Waals surface area contributed by atoms with Gasteiger partial charge in [-0.15, -0.1) is 0 Å². The molecule has 2 aliphatic rings. The van der Waals surface area contributed by atoms with Gasteiger partial charge in [0.2, 0.25) is 0 Å². The highest BCUT2D eigenvalue weighted by molar-refractivity contribution is 4.93. The monoisotopic (exact) mass is 252 g/mol. The van der Waals surface area contributed by atoms with E-state index in [1.165, 1.54) is 44.9 Å². The third-order valence-corrected chi connectivity index (χ3v) is 5.58. The largest absolute Gasteiger partial charge is 0.315 e. The van der Waals surface area contributed by atoms with Crippen LogP contribution in [0.1, 0.15) is 58.8 Å². The lowest BCUT2D eigenvalue weighted by atomic mass is 9.76. The summed E-state index contributed by atoms with van der Waals surface area (Å²) in [7, 11) is 4.54. The molecule has 106 valence electrons. The summed E-state index contributed by atoms with van der Waals surface area (Å²) in [6.07, 6.45) is 9.87. The molecule has 18 heavy (non-hydrogen) atoms. The predicted octanol–water partition coefficient (Wildman–Crippen LogP) is 3.27. The zero-order valence-corrected chi connectivity index (χ0v) is 12.8. The fourth-order valence-electron chi connectivity index (χ4n) is 4.62. The summed E-state index contributed by atoms with van der Waals surface area (Å²) in [5.41, 5.74) is 0. The molecule has 0 aromatic rings. The zero-order valence-electron chi connectivity index (χ0n) is 12.8. The molecule has 0 aromatic heterocycles. The van der Waals surface area contributed by atoms with Crippen molar-refractivity contribution in [3.8, 4) is 0 Å². The zero-order chi connectivity index (χ0) is 13.1. The van der Waals surface area contributed by atoms with Crippen molar-refractivity contribution in [3.05, 3.63) is 0 Å². The topological polar surface area (TPSA) is 15.3 Å². The van der Waals surface area contributed by atoms with Gasteiger partial charge in [-0.1, -0.05) is 33.1 Å². The number of nitrogens with one attached hydrogen (secondary N) is 1. The Morgan fingerprint density at radius 3 is 2.11 bits per heavy atom. The van der Waals surface area contributed by atoms with Gasteiger partial charge >= 0.3 is 0 Å². The van der Waals surface area contributed by atoms with Crippen LogP contribution in [0.4, 0.5) is 0 Å². The van der Waals surface area contributed by atoms with Gasteiger partial charge in [-0.25, -0.2) is 0 Å². The summed E-state index contributed by atoms with van der Waals surface area (Å²) in [6.45, 7) is 4.93. The van der Waals surface area contributed by atoms with Gasteiger partial charge in [-0.2, -0.15) is 0 Å². The summed E-state index contributed by atoms with van der Waals surface area (Å²) >= 11 is 0. The second kappa shape index (κ2) is 6.38. The first-order chi connectivity index (χ1) is 8.65. The predicted molar refractivity (Wildman–Crippen MR) is 78.8 cm³/mol. The van der Waals surface area contributed by atoms with Gasteiger partial charge in [0.05, 0.1) is 0 Å². The minimum atomic E-state index is 0.713. The molecule has 2 fully saturated rings. The Morgan fingerprint density at radius 1 is 0.889 bits per heavy atom. The summed E-state index contributed by atoms with van der Waals surface area (Å²) in [6, 6.07) is 2.28. The van der Waals surface area contributed by atoms with Crippen LogP contribution in [0.2, 0.25) is 0 Å². The van der Waals surface area contributed by atoms with Crippen LogP contribution in [0.15, 0.2) is 0 Å². The molecule has 4 atom stereocenters. The first-order valence-corrected chi connectivity index (χ1v) is 8.04. The standard InChI is InChI=1S/C16H32N2/c1-12-8-7-9-13(2)16(12)18(4)15-11-6-5-10-14(15)17-3/h12-17H,5-11H2,1-4H3. The van der Waals surface area contributed by atoms with Gasteiger partial charge < -0.3 is 5.32 Å². The van der Waals surface area contributed by atoms with E-state index >= 15 is 0 Å². The highest BCUT2D eigenvalue weighted by Crippen LogP contribution is 2.35. The molecule has 0 bridgehead atoms. The summed E-state index contributed by atoms with van der Waals surface area (Å²) in [5, 5.41) is 3.56. The van der Waals surface area contributed by atoms with Crippen molar-refractivity contribution in [3.63, 3.8) is 0 Å². The summed E-state index contributed by atoms with van der Waals surface area (Å²) in [5.74, 6) is 1.75. The average molecular weight is 252 g/mol. The van der Waals surface area contributed by atoms with Gasteiger partial charge in [0.25, 0.3) is 0 Å². The maximum atomic E-state index is 3.56. The quantitative estimate of drug-likeness (QED) is 0.829. The second-order valence-corrected chi connectivity index (χ2v) is 6.79. The van der Waals surface area contributed by atoms with Gasteiger partial charge in [-0.3, -0.25) is 4.90 Å². The fraction of sp³-hybridized carbons (Fsp3) is 1.00. The number of rotatable bonds is 3. The molecule has 0 amide bonds. The average Bonchev–Trinajstić information content (AvgIpc) is 2.38. The highest BCUT2D eigenvalue weighted by atomic mass is 15.2. The number of nitrogens with zero attached hydrogens (tertiary/aromatic N) is 1. The normalized spacial score (nSPS) is 42.2. The molecule has 2 saturated carbocycles. The van der Waals surface area contributed by atoms with Gasteiger partial charge in [0.15, 0.2) is 0 Å². The van der Waals surface area contributed by atoms with Gasteiger partial charge in [-0.05, 0) is 51.6 Å². The number of hydrogen-bond acceptors (Lipinski definition) is 2. The molecule has 2 heteroatoms. The van der Waals surface area contributed by atoms with E-state index in [1.807, 2.05) is 0 Å². The molecule has 0 aromatic carbocycles. The molecule has 0 aliphatic heterocycles. The molecular formula is C16H32N2. The van der Waals surface area contributed by atoms with Crippen LogP contribution in [0, 0.1) is 11.8 Å². The van der Waals surface area contributed by atoms with E-state index in [2.05, 4.69) is 38.2 Å². The van der Waals surface area contributed by atoms with Gasteiger partial charge in [0, 0.05) is 18.1 Å². The van der Waals surface area contributed by atoms with Crippen molar-refractivity contribution >= 4 is 0 Å². The van der Waals surface area contributed by atoms with Crippen LogP contribution in [-0.4, -0.2) is 37.1 Å². The van der Waals surface area contributed by atoms with E-state index < -0.39 is 0 Å². The van der Waals surface area contributed by atoms with Crippen LogP contribution < -0.4 is 5.32 Å². The van der Waals surface area contributed by atoms with Crippen LogP contribution in [0.25, 0.3) is 0 Å². The Morgan fingerprint density at radius 2 is 1.50 bits per heavy atom. The molecule has 2 nitrogen and oxygen atoms in total. The van der Waals surface area contributed by atoms with E-state index in [-0.39, 0.29) is 0 Å². The minimum absolute atomic E-state index is 0.713. The third kappa shape index (κ3) is 2.91. The third-order valence-electron chi connectivity index (χ3n) is 5.58. The lowest BCUT2D eigenvalue weighted by Gasteiger charge is -2.47. The molecule has 0 saturated heterocycles. The van der Waals surface area contributed by atoms with E-state index in [4.69, 9.17) is 0 Å². The van der Waals surface area contributed by atoms with Crippen molar-refractivity contribution in [1.29, 1.82) is 0 Å². The second-order valence-electron chi connectivity index (χ2n) is 6.79. The maximum absolute atomic E-state index is 3.56. The molecule has 2 rings (SSSR count). The lowest BCUT2D eigenvalue weighted by molar-refractivity contribution is 0.0302. The van der Waals surface area contributed by atoms with E-state index in [0.29, 0.717) is 6.04 Å². The van der Waals surface area contributed by atoms with Crippen LogP contribution >= 0.6 is 0 Å². The van der Waals surface area contributed by atoms with E-state index in [1.54, 1.807) is 0 Å². The number of hydrogen-bond donors (Lipinski definition) is 1. The Hall–Kier alpha value is -0.0800. The molecule has 0 radical (unpaired) electrons. The van der Waals surface area contributed by atoms with E-state index in [9.17, 15) is 0 Å². The molecule has 1 N–H and O–H groups in total. The van der Waals surface area contributed by atoms with Crippen LogP contribution in [0.3, 0.4) is 0 Å². The summed E-state index contributed by atoms with van der Waals surface area (Å²) in [4.78, 5) is 2.74. The van der Waals surface area contributed by atoms with Crippen LogP contribution in [-0.2, 0) is 0 Å². The Kier molecular flexibility index (Phi) is 5.08. The summed E-state index contributed by atoms with van der Waals surface area (Å²) < 4.78 is 0.